The molecule has 4 N–H and O–H groups in total. The number of carbonyl (C=O) groups excluding carboxylic acids is 2. The first-order valence-corrected chi connectivity index (χ1v) is 13.7. The number of nitrogens with one attached hydrogen (secondary N) is 1. The Kier molecular flexibility index (Phi) is 8.30. The lowest BCUT2D eigenvalue weighted by Crippen LogP contribution is -2.71. The molecule has 0 aliphatic carbocycles. The summed E-state index contributed by atoms with van der Waals surface area (Å²) in [4.78, 5) is 50.0. The van der Waals surface area contributed by atoms with E-state index in [0.29, 0.717) is 28.8 Å². The number of hydrogen-bond donors (Lipinski definition) is 3. The molecule has 4 rings (SSSR count). The fourth-order valence-electron chi connectivity index (χ4n) is 3.58. The zero-order valence-corrected chi connectivity index (χ0v) is 22.5. The molecule has 198 valence electrons. The van der Waals surface area contributed by atoms with Crippen molar-refractivity contribution in [2.75, 3.05) is 45.0 Å². The zero-order chi connectivity index (χ0) is 26.7. The molecule has 2 amide bonds. The summed E-state index contributed by atoms with van der Waals surface area (Å²) in [5.74, 6) is -1.78. The zero-order valence-electron chi connectivity index (χ0n) is 20.0. The molecule has 2 aromatic rings. The number of aromatic nitrogens is 5. The number of carboxylic acids is 1. The van der Waals surface area contributed by atoms with Crippen LogP contribution in [0.25, 0.3) is 0 Å². The molecule has 2 aliphatic rings. The molecule has 2 atom stereocenters. The van der Waals surface area contributed by atoms with E-state index in [1.54, 1.807) is 10.1 Å². The summed E-state index contributed by atoms with van der Waals surface area (Å²) in [6.07, 6.45) is 0. The second-order valence-electron chi connectivity index (χ2n) is 8.09. The van der Waals surface area contributed by atoms with Crippen LogP contribution >= 0.6 is 34.9 Å². The summed E-state index contributed by atoms with van der Waals surface area (Å²) >= 11 is 3.79. The number of rotatable bonds is 11. The number of thioether (sulfide) groups is 2. The first-order chi connectivity index (χ1) is 17.7. The van der Waals surface area contributed by atoms with Crippen LogP contribution < -0.4 is 11.1 Å². The number of nitrogens with zero attached hydrogens (tertiary/aromatic N) is 8. The Bertz CT molecular complexity index is 1260. The van der Waals surface area contributed by atoms with Gasteiger partial charge >= 0.3 is 5.97 Å². The van der Waals surface area contributed by atoms with Crippen LogP contribution in [0.1, 0.15) is 5.69 Å². The van der Waals surface area contributed by atoms with Crippen molar-refractivity contribution in [3.63, 3.8) is 0 Å². The molecule has 0 spiro atoms. The maximum Gasteiger partial charge on any atom is 0.352 e. The van der Waals surface area contributed by atoms with E-state index in [1.807, 2.05) is 19.0 Å². The largest absolute Gasteiger partial charge is 0.477 e. The van der Waals surface area contributed by atoms with Gasteiger partial charge in [0.2, 0.25) is 5.16 Å². The summed E-state index contributed by atoms with van der Waals surface area (Å²) < 4.78 is 1.65. The topological polar surface area (TPSA) is 194 Å². The number of β-lactam (4-membered cyclic amide) rings is 1. The van der Waals surface area contributed by atoms with Crippen LogP contribution in [-0.2, 0) is 25.8 Å². The van der Waals surface area contributed by atoms with Crippen LogP contribution in [0.15, 0.2) is 27.0 Å². The number of anilines is 1. The average molecular weight is 569 g/mol. The van der Waals surface area contributed by atoms with Crippen molar-refractivity contribution in [3.05, 3.63) is 22.3 Å². The molecular formula is C19H24N10O5S3. The number of carboxylic acid groups (broad SMARTS) is 1. The maximum absolute atomic E-state index is 13.0. The highest BCUT2D eigenvalue weighted by Gasteiger charge is 2.54. The lowest BCUT2D eigenvalue weighted by Gasteiger charge is -2.49. The monoisotopic (exact) mass is 568 g/mol. The van der Waals surface area contributed by atoms with Gasteiger partial charge in [-0.15, -0.1) is 28.2 Å². The predicted molar refractivity (Wildman–Crippen MR) is 137 cm³/mol. The van der Waals surface area contributed by atoms with E-state index in [-0.39, 0.29) is 22.2 Å². The van der Waals surface area contributed by atoms with Crippen molar-refractivity contribution in [2.24, 2.45) is 5.16 Å². The van der Waals surface area contributed by atoms with Crippen LogP contribution in [0, 0.1) is 0 Å². The Balaban J connectivity index is 1.46. The Hall–Kier alpha value is -3.22. The predicted octanol–water partition coefficient (Wildman–Crippen LogP) is -0.845. The number of aliphatic carboxylic acids is 1. The third kappa shape index (κ3) is 5.71. The smallest absolute Gasteiger partial charge is 0.352 e. The molecule has 37 heavy (non-hydrogen) atoms. The summed E-state index contributed by atoms with van der Waals surface area (Å²) in [5, 5.41) is 29.7. The van der Waals surface area contributed by atoms with Crippen LogP contribution in [-0.4, -0.2) is 114 Å². The van der Waals surface area contributed by atoms with Crippen molar-refractivity contribution in [1.82, 2.24) is 40.3 Å². The van der Waals surface area contributed by atoms with Gasteiger partial charge in [-0.25, -0.2) is 14.5 Å². The van der Waals surface area contributed by atoms with Gasteiger partial charge in [-0.1, -0.05) is 16.9 Å². The number of fused-ring (bicyclic) bond motifs is 1. The van der Waals surface area contributed by atoms with Gasteiger partial charge in [-0.2, -0.15) is 0 Å². The average Bonchev–Trinajstić information content (AvgIpc) is 3.50. The minimum absolute atomic E-state index is 0.0860. The lowest BCUT2D eigenvalue weighted by atomic mass is 10.0. The van der Waals surface area contributed by atoms with Crippen LogP contribution in [0.4, 0.5) is 5.13 Å². The highest BCUT2D eigenvalue weighted by atomic mass is 32.2. The maximum atomic E-state index is 13.0. The van der Waals surface area contributed by atoms with Gasteiger partial charge in [0.05, 0.1) is 6.54 Å². The third-order valence-electron chi connectivity index (χ3n) is 5.33. The van der Waals surface area contributed by atoms with Crippen LogP contribution in [0.2, 0.25) is 0 Å². The number of thiazole rings is 1. The first-order valence-electron chi connectivity index (χ1n) is 10.8. The van der Waals surface area contributed by atoms with E-state index in [2.05, 4.69) is 31.0 Å². The quantitative estimate of drug-likeness (QED) is 0.131. The van der Waals surface area contributed by atoms with E-state index in [4.69, 9.17) is 10.6 Å². The molecule has 1 unspecified atom stereocenters. The normalized spacial score (nSPS) is 19.6. The third-order valence-corrected chi connectivity index (χ3v) is 8.39. The number of hydrogen-bond acceptors (Lipinski definition) is 14. The molecule has 4 heterocycles. The summed E-state index contributed by atoms with van der Waals surface area (Å²) in [6, 6.07) is -0.933. The second-order valence-corrected chi connectivity index (χ2v) is 11.0. The number of nitrogen functional groups attached to an aromatic ring is 1. The Morgan fingerprint density at radius 2 is 2.22 bits per heavy atom. The van der Waals surface area contributed by atoms with Gasteiger partial charge in [-0.3, -0.25) is 14.5 Å². The summed E-state index contributed by atoms with van der Waals surface area (Å²) in [5.41, 5.74) is 6.20. The van der Waals surface area contributed by atoms with Gasteiger partial charge in [-0.05, 0) is 30.1 Å². The lowest BCUT2D eigenvalue weighted by molar-refractivity contribution is -0.150. The van der Waals surface area contributed by atoms with Gasteiger partial charge in [0.15, 0.2) is 10.8 Å². The highest BCUT2D eigenvalue weighted by molar-refractivity contribution is 8.01. The molecule has 0 radical (unpaired) electrons. The fourth-order valence-corrected chi connectivity index (χ4v) is 6.52. The minimum Gasteiger partial charge on any atom is -0.477 e. The number of likely N-dealkylation sites (N-methyl/N-ethyl adjacent to an activating group) is 1. The van der Waals surface area contributed by atoms with Gasteiger partial charge in [0, 0.05) is 23.4 Å². The number of oxime groups is 1. The number of tetrazole rings is 1. The van der Waals surface area contributed by atoms with E-state index < -0.39 is 29.2 Å². The molecule has 2 aliphatic heterocycles. The van der Waals surface area contributed by atoms with E-state index in [9.17, 15) is 19.5 Å². The van der Waals surface area contributed by atoms with Crippen molar-refractivity contribution in [1.29, 1.82) is 0 Å². The van der Waals surface area contributed by atoms with Crippen LogP contribution in [0.3, 0.4) is 0 Å². The highest BCUT2D eigenvalue weighted by Crippen LogP contribution is 2.41. The molecule has 1 saturated heterocycles. The molecule has 2 aromatic heterocycles. The van der Waals surface area contributed by atoms with Gasteiger partial charge < -0.3 is 25.9 Å². The van der Waals surface area contributed by atoms with Crippen molar-refractivity contribution >= 4 is 63.5 Å². The molecule has 0 aromatic carbocycles. The molecule has 15 nitrogen and oxygen atoms in total. The fraction of sp³-hybridized carbons (Fsp3) is 0.474. The molecule has 1 fully saturated rings. The van der Waals surface area contributed by atoms with E-state index in [1.165, 1.54) is 35.5 Å². The van der Waals surface area contributed by atoms with Crippen molar-refractivity contribution in [3.8, 4) is 0 Å². The van der Waals surface area contributed by atoms with Gasteiger partial charge in [0.25, 0.3) is 11.8 Å². The van der Waals surface area contributed by atoms with Crippen molar-refractivity contribution < 1.29 is 24.3 Å². The first kappa shape index (κ1) is 26.8. The van der Waals surface area contributed by atoms with Gasteiger partial charge in [0.1, 0.15) is 29.9 Å². The molecular weight excluding hydrogens is 544 g/mol. The Morgan fingerprint density at radius 1 is 1.43 bits per heavy atom. The van der Waals surface area contributed by atoms with E-state index in [0.717, 1.165) is 17.9 Å². The molecule has 0 bridgehead atoms. The summed E-state index contributed by atoms with van der Waals surface area (Å²) in [7, 11) is 5.16. The van der Waals surface area contributed by atoms with Crippen LogP contribution in [0.5, 0.6) is 0 Å². The standard InChI is InChI=1S/C19H24N10O5S3/c1-27(2)4-5-28-19(23-25-26-28)37-7-9-6-35-16-12(15(31)29(16)13(9)17(32)33)22-14(30)11(24-34-3)10-8-36-18(20)21-10/h8,12,16H,4-7H2,1-3H3,(H2,20,21)(H,22,30)(H,32,33)/b24-11+/t12?,16-/m1/s1. The van der Waals surface area contributed by atoms with E-state index >= 15 is 0 Å². The number of carbonyl (C=O) groups is 3. The number of nitrogens with two attached hydrogens (primary N) is 1. The minimum atomic E-state index is -1.22. The molecule has 0 saturated carbocycles. The number of amides is 2. The summed E-state index contributed by atoms with van der Waals surface area (Å²) in [6.45, 7) is 1.32. The second kappa shape index (κ2) is 11.4. The Morgan fingerprint density at radius 3 is 2.86 bits per heavy atom. The SMILES string of the molecule is CO/N=C(/C(=O)NC1C(=O)N2C(C(=O)O)=C(CSc3nnnn3CCN(C)C)CS[C@H]12)c1csc(N)n1. The van der Waals surface area contributed by atoms with Crippen molar-refractivity contribution in [2.45, 2.75) is 23.1 Å². The Labute approximate surface area is 223 Å². The molecule has 18 heteroatoms.